The molecule has 0 saturated heterocycles. The van der Waals surface area contributed by atoms with Crippen LogP contribution >= 0.6 is 0 Å². The van der Waals surface area contributed by atoms with Crippen LogP contribution in [0.5, 0.6) is 5.75 Å². The van der Waals surface area contributed by atoms with Gasteiger partial charge in [-0.2, -0.15) is 10.5 Å². The minimum atomic E-state index is 0.147. The molecule has 0 aliphatic rings. The lowest BCUT2D eigenvalue weighted by Gasteiger charge is -2.06. The van der Waals surface area contributed by atoms with Gasteiger partial charge in [0.05, 0.1) is 7.11 Å². The molecule has 116 valence electrons. The van der Waals surface area contributed by atoms with Gasteiger partial charge in [0, 0.05) is 12.6 Å². The van der Waals surface area contributed by atoms with Crippen LogP contribution in [0.3, 0.4) is 0 Å². The molecule has 3 rings (SSSR count). The lowest BCUT2D eigenvalue weighted by molar-refractivity contribution is 0.415. The molecule has 0 spiro atoms. The molecule has 0 radical (unpaired) electrons. The van der Waals surface area contributed by atoms with Gasteiger partial charge in [-0.3, -0.25) is 0 Å². The molecular formula is C19H14N4O. The molecule has 1 aromatic heterocycles. The summed E-state index contributed by atoms with van der Waals surface area (Å²) in [6, 6.07) is 19.7. The fourth-order valence-electron chi connectivity index (χ4n) is 2.56. The lowest BCUT2D eigenvalue weighted by Crippen LogP contribution is -1.95. The first-order chi connectivity index (χ1) is 11.7. The highest BCUT2D eigenvalue weighted by Gasteiger charge is 2.15. The summed E-state index contributed by atoms with van der Waals surface area (Å²) >= 11 is 0. The van der Waals surface area contributed by atoms with E-state index in [4.69, 9.17) is 15.3 Å². The minimum Gasteiger partial charge on any atom is -0.497 e. The molecule has 0 saturated carbocycles. The van der Waals surface area contributed by atoms with Gasteiger partial charge in [0.15, 0.2) is 11.4 Å². The van der Waals surface area contributed by atoms with Crippen LogP contribution in [-0.4, -0.2) is 16.7 Å². The maximum absolute atomic E-state index is 9.15. The highest BCUT2D eigenvalue weighted by atomic mass is 16.5. The first kappa shape index (κ1) is 15.3. The quantitative estimate of drug-likeness (QED) is 0.741. The van der Waals surface area contributed by atoms with Crippen LogP contribution in [0.1, 0.15) is 11.4 Å². The molecule has 5 nitrogen and oxygen atoms in total. The number of rotatable bonds is 3. The largest absolute Gasteiger partial charge is 0.497 e. The number of hydrogen-bond acceptors (Lipinski definition) is 4. The molecule has 3 aromatic rings. The van der Waals surface area contributed by atoms with Crippen molar-refractivity contribution in [3.63, 3.8) is 0 Å². The Morgan fingerprint density at radius 3 is 1.88 bits per heavy atom. The van der Waals surface area contributed by atoms with Gasteiger partial charge in [0.2, 0.25) is 0 Å². The molecule has 0 bridgehead atoms. The van der Waals surface area contributed by atoms with Gasteiger partial charge in [-0.15, -0.1) is 0 Å². The van der Waals surface area contributed by atoms with E-state index in [9.17, 15) is 0 Å². The second-order valence-corrected chi connectivity index (χ2v) is 5.22. The highest BCUT2D eigenvalue weighted by Crippen LogP contribution is 2.26. The van der Waals surface area contributed by atoms with Crippen LogP contribution in [0.4, 0.5) is 0 Å². The third-order valence-electron chi connectivity index (χ3n) is 3.87. The summed E-state index contributed by atoms with van der Waals surface area (Å²) in [6.07, 6.45) is 0. The van der Waals surface area contributed by atoms with E-state index < -0.39 is 0 Å². The Morgan fingerprint density at radius 1 is 0.875 bits per heavy atom. The Kier molecular flexibility index (Phi) is 4.01. The molecule has 2 aromatic carbocycles. The summed E-state index contributed by atoms with van der Waals surface area (Å²) in [7, 11) is 3.38. The van der Waals surface area contributed by atoms with E-state index in [0.29, 0.717) is 5.82 Å². The zero-order valence-corrected chi connectivity index (χ0v) is 13.3. The van der Waals surface area contributed by atoms with Crippen molar-refractivity contribution in [3.8, 4) is 40.4 Å². The fraction of sp³-hybridized carbons (Fsp3) is 0.105. The molecular weight excluding hydrogens is 300 g/mol. The van der Waals surface area contributed by atoms with Gasteiger partial charge in [-0.25, -0.2) is 4.98 Å². The van der Waals surface area contributed by atoms with E-state index in [1.54, 1.807) is 18.7 Å². The summed E-state index contributed by atoms with van der Waals surface area (Å²) in [6.45, 7) is 0. The SMILES string of the molecule is COc1ccc(-c2ccc(-c3nc(C#N)c(C#N)n3C)cc2)cc1. The number of nitrogens with zero attached hydrogens (tertiary/aromatic N) is 4. The summed E-state index contributed by atoms with van der Waals surface area (Å²) in [5.74, 6) is 1.42. The first-order valence-electron chi connectivity index (χ1n) is 7.29. The molecule has 0 unspecified atom stereocenters. The Morgan fingerprint density at radius 2 is 1.42 bits per heavy atom. The van der Waals surface area contributed by atoms with E-state index in [1.165, 1.54) is 0 Å². The van der Waals surface area contributed by atoms with Crippen LogP contribution in [0.15, 0.2) is 48.5 Å². The van der Waals surface area contributed by atoms with Gasteiger partial charge in [0.25, 0.3) is 0 Å². The van der Waals surface area contributed by atoms with Crippen LogP contribution in [0, 0.1) is 22.7 Å². The average Bonchev–Trinajstić information content (AvgIpc) is 2.97. The number of ether oxygens (including phenoxy) is 1. The van der Waals surface area contributed by atoms with Crippen molar-refractivity contribution in [2.75, 3.05) is 7.11 Å². The van der Waals surface area contributed by atoms with Gasteiger partial charge in [0.1, 0.15) is 23.7 Å². The first-order valence-corrected chi connectivity index (χ1v) is 7.29. The van der Waals surface area contributed by atoms with Gasteiger partial charge >= 0.3 is 0 Å². The van der Waals surface area contributed by atoms with Crippen LogP contribution in [-0.2, 0) is 7.05 Å². The molecule has 0 amide bonds. The monoisotopic (exact) mass is 314 g/mol. The number of benzene rings is 2. The van der Waals surface area contributed by atoms with Gasteiger partial charge in [-0.1, -0.05) is 36.4 Å². The van der Waals surface area contributed by atoms with Crippen molar-refractivity contribution in [3.05, 3.63) is 59.9 Å². The van der Waals surface area contributed by atoms with Crippen molar-refractivity contribution < 1.29 is 4.74 Å². The van der Waals surface area contributed by atoms with Crippen molar-refractivity contribution >= 4 is 0 Å². The lowest BCUT2D eigenvalue weighted by atomic mass is 10.0. The van der Waals surface area contributed by atoms with E-state index >= 15 is 0 Å². The number of nitriles is 2. The third kappa shape index (κ3) is 2.60. The summed E-state index contributed by atoms with van der Waals surface area (Å²) in [5.41, 5.74) is 3.42. The highest BCUT2D eigenvalue weighted by molar-refractivity contribution is 5.69. The Hall–Kier alpha value is -3.57. The summed E-state index contributed by atoms with van der Waals surface area (Å²) < 4.78 is 6.81. The van der Waals surface area contributed by atoms with Crippen molar-refractivity contribution in [1.29, 1.82) is 10.5 Å². The van der Waals surface area contributed by atoms with Crippen molar-refractivity contribution in [2.24, 2.45) is 7.05 Å². The Balaban J connectivity index is 1.97. The maximum atomic E-state index is 9.15. The van der Waals surface area contributed by atoms with E-state index in [-0.39, 0.29) is 11.4 Å². The molecule has 0 aliphatic heterocycles. The normalized spacial score (nSPS) is 10.0. The van der Waals surface area contributed by atoms with Crippen LogP contribution in [0.25, 0.3) is 22.5 Å². The predicted molar refractivity (Wildman–Crippen MR) is 90.1 cm³/mol. The predicted octanol–water partition coefficient (Wildman–Crippen LogP) is 3.51. The van der Waals surface area contributed by atoms with Gasteiger partial charge < -0.3 is 9.30 Å². The second kappa shape index (κ2) is 6.28. The number of methoxy groups -OCH3 is 1. The standard InChI is InChI=1S/C19H14N4O/c1-23-18(12-21)17(11-20)22-19(23)15-5-3-13(4-6-15)14-7-9-16(24-2)10-8-14/h3-10H,1-2H3. The number of imidazole rings is 1. The molecule has 0 atom stereocenters. The average molecular weight is 314 g/mol. The van der Waals surface area contributed by atoms with E-state index in [2.05, 4.69) is 4.98 Å². The molecule has 0 N–H and O–H groups in total. The Labute approximate surface area is 140 Å². The number of hydrogen-bond donors (Lipinski definition) is 0. The molecule has 1 heterocycles. The summed E-state index contributed by atoms with van der Waals surface area (Å²) in [5, 5.41) is 18.2. The van der Waals surface area contributed by atoms with Gasteiger partial charge in [-0.05, 0) is 23.3 Å². The zero-order chi connectivity index (χ0) is 17.1. The van der Waals surface area contributed by atoms with Crippen LogP contribution < -0.4 is 4.74 Å². The smallest absolute Gasteiger partial charge is 0.177 e. The number of aromatic nitrogens is 2. The Bertz CT molecular complexity index is 955. The molecule has 0 fully saturated rings. The van der Waals surface area contributed by atoms with E-state index in [1.807, 2.05) is 60.7 Å². The zero-order valence-electron chi connectivity index (χ0n) is 13.3. The van der Waals surface area contributed by atoms with E-state index in [0.717, 1.165) is 22.4 Å². The summed E-state index contributed by atoms with van der Waals surface area (Å²) in [4.78, 5) is 4.26. The molecule has 0 aliphatic carbocycles. The molecule has 5 heteroatoms. The minimum absolute atomic E-state index is 0.147. The van der Waals surface area contributed by atoms with Crippen molar-refractivity contribution in [2.45, 2.75) is 0 Å². The fourth-order valence-corrected chi connectivity index (χ4v) is 2.56. The molecule has 24 heavy (non-hydrogen) atoms. The maximum Gasteiger partial charge on any atom is 0.177 e. The third-order valence-corrected chi connectivity index (χ3v) is 3.87. The topological polar surface area (TPSA) is 74.6 Å². The second-order valence-electron chi connectivity index (χ2n) is 5.22. The van der Waals surface area contributed by atoms with Crippen LogP contribution in [0.2, 0.25) is 0 Å². The van der Waals surface area contributed by atoms with Crippen molar-refractivity contribution in [1.82, 2.24) is 9.55 Å².